The summed E-state index contributed by atoms with van der Waals surface area (Å²) in [7, 11) is 0. The van der Waals surface area contributed by atoms with E-state index in [-0.39, 0.29) is 35.9 Å². The molecule has 178 valence electrons. The molecule has 9 heteroatoms. The molecule has 2 aliphatic heterocycles. The van der Waals surface area contributed by atoms with Gasteiger partial charge in [-0.2, -0.15) is 0 Å². The van der Waals surface area contributed by atoms with Gasteiger partial charge in [0.25, 0.3) is 0 Å². The number of nitrogens with zero attached hydrogens (tertiary/aromatic N) is 2. The van der Waals surface area contributed by atoms with Crippen molar-refractivity contribution in [3.05, 3.63) is 22.7 Å². The van der Waals surface area contributed by atoms with E-state index >= 15 is 0 Å². The molecule has 1 amide bonds. The third-order valence-electron chi connectivity index (χ3n) is 6.22. The molecule has 1 aromatic carbocycles. The zero-order valence-corrected chi connectivity index (χ0v) is 21.8. The van der Waals surface area contributed by atoms with Crippen LogP contribution < -0.4 is 20.1 Å². The Balaban J connectivity index is 0.00000289. The fraction of sp³-hybridized carbons (Fsp3) is 0.652. The lowest BCUT2D eigenvalue weighted by Gasteiger charge is -2.26. The van der Waals surface area contributed by atoms with Crippen molar-refractivity contribution in [2.75, 3.05) is 32.8 Å². The van der Waals surface area contributed by atoms with Gasteiger partial charge in [-0.15, -0.1) is 24.0 Å². The van der Waals surface area contributed by atoms with Crippen molar-refractivity contribution < 1.29 is 14.3 Å². The summed E-state index contributed by atoms with van der Waals surface area (Å²) in [5.41, 5.74) is 0.965. The molecular weight excluding hydrogens is 543 g/mol. The van der Waals surface area contributed by atoms with Crippen LogP contribution in [0.15, 0.2) is 17.1 Å². The van der Waals surface area contributed by atoms with Crippen LogP contribution in [0.4, 0.5) is 0 Å². The standard InChI is InChI=1S/C23H33ClN4O3.HI/c1-2-25-23(26-14-16-12-19(24)21-20(13-16)30-10-11-31-21)27-18-8-9-28(15-18)22(29)17-6-4-3-5-7-17;/h12-13,17-18H,2-11,14-15H2,1H3,(H2,25,26,27);1H. The van der Waals surface area contributed by atoms with Crippen LogP contribution in [-0.4, -0.2) is 55.7 Å². The number of hydrogen-bond donors (Lipinski definition) is 2. The van der Waals surface area contributed by atoms with Crippen LogP contribution >= 0.6 is 35.6 Å². The van der Waals surface area contributed by atoms with E-state index in [0.29, 0.717) is 42.2 Å². The molecule has 4 rings (SSSR count). The third-order valence-corrected chi connectivity index (χ3v) is 6.50. The zero-order chi connectivity index (χ0) is 21.6. The first-order chi connectivity index (χ1) is 15.1. The first-order valence-corrected chi connectivity index (χ1v) is 11.9. The molecule has 1 saturated carbocycles. The zero-order valence-electron chi connectivity index (χ0n) is 18.7. The van der Waals surface area contributed by atoms with E-state index in [1.54, 1.807) is 0 Å². The molecule has 2 fully saturated rings. The van der Waals surface area contributed by atoms with E-state index < -0.39 is 0 Å². The van der Waals surface area contributed by atoms with Crippen molar-refractivity contribution >= 4 is 47.4 Å². The van der Waals surface area contributed by atoms with Crippen molar-refractivity contribution in [1.29, 1.82) is 0 Å². The molecule has 0 aromatic heterocycles. The highest BCUT2D eigenvalue weighted by atomic mass is 127. The predicted molar refractivity (Wildman–Crippen MR) is 137 cm³/mol. The summed E-state index contributed by atoms with van der Waals surface area (Å²) in [4.78, 5) is 19.6. The lowest BCUT2D eigenvalue weighted by atomic mass is 9.88. The largest absolute Gasteiger partial charge is 0.486 e. The van der Waals surface area contributed by atoms with Crippen molar-refractivity contribution in [3.63, 3.8) is 0 Å². The molecule has 3 aliphatic rings. The number of hydrogen-bond acceptors (Lipinski definition) is 4. The minimum atomic E-state index is 0. The average Bonchev–Trinajstić information content (AvgIpc) is 3.26. The molecule has 1 aromatic rings. The van der Waals surface area contributed by atoms with Crippen LogP contribution in [0.3, 0.4) is 0 Å². The van der Waals surface area contributed by atoms with E-state index in [1.165, 1.54) is 19.3 Å². The number of benzene rings is 1. The lowest BCUT2D eigenvalue weighted by molar-refractivity contribution is -0.135. The molecule has 1 aliphatic carbocycles. The van der Waals surface area contributed by atoms with Crippen molar-refractivity contribution in [2.24, 2.45) is 10.9 Å². The van der Waals surface area contributed by atoms with Gasteiger partial charge < -0.3 is 25.0 Å². The maximum Gasteiger partial charge on any atom is 0.225 e. The molecule has 0 radical (unpaired) electrons. The number of nitrogens with one attached hydrogen (secondary N) is 2. The van der Waals surface area contributed by atoms with Crippen LogP contribution in [0.2, 0.25) is 5.02 Å². The van der Waals surface area contributed by atoms with Crippen LogP contribution in [-0.2, 0) is 11.3 Å². The number of carbonyl (C=O) groups is 1. The minimum absolute atomic E-state index is 0. The summed E-state index contributed by atoms with van der Waals surface area (Å²) in [6.45, 7) is 5.90. The number of halogens is 2. The summed E-state index contributed by atoms with van der Waals surface area (Å²) >= 11 is 6.35. The van der Waals surface area contributed by atoms with E-state index in [9.17, 15) is 4.79 Å². The van der Waals surface area contributed by atoms with Gasteiger partial charge in [-0.25, -0.2) is 4.99 Å². The fourth-order valence-electron chi connectivity index (χ4n) is 4.63. The monoisotopic (exact) mass is 576 g/mol. The molecule has 0 spiro atoms. The van der Waals surface area contributed by atoms with Gasteiger partial charge in [-0.3, -0.25) is 4.79 Å². The number of carbonyl (C=O) groups excluding carboxylic acids is 1. The summed E-state index contributed by atoms with van der Waals surface area (Å²) in [5, 5.41) is 7.37. The smallest absolute Gasteiger partial charge is 0.225 e. The first kappa shape index (κ1) is 25.2. The molecular formula is C23H34ClIN4O3. The van der Waals surface area contributed by atoms with Crippen molar-refractivity contribution in [1.82, 2.24) is 15.5 Å². The summed E-state index contributed by atoms with van der Waals surface area (Å²) < 4.78 is 11.2. The number of likely N-dealkylation sites (tertiary alicyclic amines) is 1. The lowest BCUT2D eigenvalue weighted by Crippen LogP contribution is -2.45. The van der Waals surface area contributed by atoms with Crippen LogP contribution in [0.1, 0.15) is 51.0 Å². The van der Waals surface area contributed by atoms with E-state index in [4.69, 9.17) is 26.1 Å². The summed E-state index contributed by atoms with van der Waals surface area (Å²) in [5.74, 6) is 2.62. The van der Waals surface area contributed by atoms with Gasteiger partial charge in [0.2, 0.25) is 5.91 Å². The quantitative estimate of drug-likeness (QED) is 0.315. The van der Waals surface area contributed by atoms with Gasteiger partial charge in [0.05, 0.1) is 11.6 Å². The molecule has 2 N–H and O–H groups in total. The van der Waals surface area contributed by atoms with Crippen LogP contribution in [0.5, 0.6) is 11.5 Å². The van der Waals surface area contributed by atoms with Crippen LogP contribution in [0, 0.1) is 5.92 Å². The number of rotatable bonds is 5. The predicted octanol–water partition coefficient (Wildman–Crippen LogP) is 3.97. The second kappa shape index (κ2) is 12.2. The number of guanidine groups is 1. The van der Waals surface area contributed by atoms with E-state index in [2.05, 4.69) is 10.6 Å². The summed E-state index contributed by atoms with van der Waals surface area (Å²) in [6.07, 6.45) is 6.69. The highest BCUT2D eigenvalue weighted by Gasteiger charge is 2.31. The van der Waals surface area contributed by atoms with Gasteiger partial charge >= 0.3 is 0 Å². The Bertz CT molecular complexity index is 817. The Morgan fingerprint density at radius 2 is 1.97 bits per heavy atom. The van der Waals surface area contributed by atoms with Crippen molar-refractivity contribution in [2.45, 2.75) is 58.0 Å². The maximum atomic E-state index is 12.8. The van der Waals surface area contributed by atoms with E-state index in [0.717, 1.165) is 50.4 Å². The third kappa shape index (κ3) is 6.34. The Labute approximate surface area is 212 Å². The SMILES string of the molecule is CCNC(=NCc1cc(Cl)c2c(c1)OCCO2)NC1CCN(C(=O)C2CCCCC2)C1.I. The highest BCUT2D eigenvalue weighted by molar-refractivity contribution is 14.0. The molecule has 1 unspecified atom stereocenters. The molecule has 32 heavy (non-hydrogen) atoms. The molecule has 2 heterocycles. The number of aliphatic imine (C=N–C) groups is 1. The van der Waals surface area contributed by atoms with Gasteiger partial charge in [-0.1, -0.05) is 30.9 Å². The van der Waals surface area contributed by atoms with E-state index in [1.807, 2.05) is 24.0 Å². The van der Waals surface area contributed by atoms with Gasteiger partial charge in [0.1, 0.15) is 13.2 Å². The Kier molecular flexibility index (Phi) is 9.58. The Morgan fingerprint density at radius 1 is 1.19 bits per heavy atom. The van der Waals surface area contributed by atoms with Gasteiger partial charge in [0.15, 0.2) is 17.5 Å². The number of amides is 1. The number of fused-ring (bicyclic) bond motifs is 1. The average molecular weight is 577 g/mol. The molecule has 0 bridgehead atoms. The second-order valence-electron chi connectivity index (χ2n) is 8.55. The minimum Gasteiger partial charge on any atom is -0.486 e. The second-order valence-corrected chi connectivity index (χ2v) is 8.95. The van der Waals surface area contributed by atoms with Gasteiger partial charge in [0, 0.05) is 31.6 Å². The topological polar surface area (TPSA) is 75.2 Å². The van der Waals surface area contributed by atoms with Crippen molar-refractivity contribution in [3.8, 4) is 11.5 Å². The maximum absolute atomic E-state index is 12.8. The highest BCUT2D eigenvalue weighted by Crippen LogP contribution is 2.38. The van der Waals surface area contributed by atoms with Gasteiger partial charge in [-0.05, 0) is 43.9 Å². The Morgan fingerprint density at radius 3 is 2.75 bits per heavy atom. The first-order valence-electron chi connectivity index (χ1n) is 11.6. The normalized spacial score (nSPS) is 21.1. The molecule has 1 saturated heterocycles. The summed E-state index contributed by atoms with van der Waals surface area (Å²) in [6, 6.07) is 4.03. The number of ether oxygens (including phenoxy) is 2. The Hall–Kier alpha value is -1.42. The molecule has 1 atom stereocenters. The fourth-order valence-corrected chi connectivity index (χ4v) is 4.91. The van der Waals surface area contributed by atoms with Crippen LogP contribution in [0.25, 0.3) is 0 Å². The molecule has 7 nitrogen and oxygen atoms in total.